The average molecular weight is 460 g/mol. The molecule has 5 rings (SSSR count). The fourth-order valence-corrected chi connectivity index (χ4v) is 6.67. The molecular formula is C21H25N5O3S2. The fourth-order valence-electron chi connectivity index (χ4n) is 4.70. The number of carbonyl (C=O) groups is 1. The molecule has 2 aliphatic carbocycles. The Bertz CT molecular complexity index is 1180. The van der Waals surface area contributed by atoms with E-state index in [4.69, 9.17) is 4.52 Å². The number of thioether (sulfide) groups is 1. The van der Waals surface area contributed by atoms with Gasteiger partial charge in [-0.25, -0.2) is 4.98 Å². The molecule has 164 valence electrons. The second-order valence-corrected chi connectivity index (χ2v) is 10.4. The van der Waals surface area contributed by atoms with E-state index in [1.807, 2.05) is 0 Å². The Morgan fingerprint density at radius 1 is 1.23 bits per heavy atom. The van der Waals surface area contributed by atoms with Crippen LogP contribution in [0.5, 0.6) is 0 Å². The fraction of sp³-hybridized carbons (Fsp3) is 0.571. The van der Waals surface area contributed by atoms with Crippen molar-refractivity contribution in [1.29, 1.82) is 0 Å². The minimum atomic E-state index is -0.531. The van der Waals surface area contributed by atoms with Gasteiger partial charge < -0.3 is 14.8 Å². The summed E-state index contributed by atoms with van der Waals surface area (Å²) in [6.07, 6.45) is 8.01. The van der Waals surface area contributed by atoms with Gasteiger partial charge in [0.15, 0.2) is 5.82 Å². The molecule has 31 heavy (non-hydrogen) atoms. The van der Waals surface area contributed by atoms with Crippen molar-refractivity contribution in [1.82, 2.24) is 25.4 Å². The van der Waals surface area contributed by atoms with Crippen LogP contribution in [-0.2, 0) is 28.9 Å². The minimum Gasteiger partial charge on any atom is -0.343 e. The lowest BCUT2D eigenvalue weighted by atomic mass is 9.96. The Kier molecular flexibility index (Phi) is 5.60. The highest BCUT2D eigenvalue weighted by molar-refractivity contribution is 7.99. The van der Waals surface area contributed by atoms with E-state index in [0.717, 1.165) is 55.2 Å². The van der Waals surface area contributed by atoms with E-state index in [1.54, 1.807) is 18.3 Å². The van der Waals surface area contributed by atoms with Gasteiger partial charge >= 0.3 is 0 Å². The van der Waals surface area contributed by atoms with Crippen molar-refractivity contribution in [3.63, 3.8) is 0 Å². The van der Waals surface area contributed by atoms with Gasteiger partial charge in [-0.3, -0.25) is 9.59 Å². The molecule has 0 aliphatic heterocycles. The summed E-state index contributed by atoms with van der Waals surface area (Å²) >= 11 is 3.09. The lowest BCUT2D eigenvalue weighted by Gasteiger charge is -2.26. The van der Waals surface area contributed by atoms with Crippen LogP contribution in [0.15, 0.2) is 9.32 Å². The van der Waals surface area contributed by atoms with Crippen LogP contribution in [0.3, 0.4) is 0 Å². The van der Waals surface area contributed by atoms with Gasteiger partial charge in [-0.1, -0.05) is 18.0 Å². The first kappa shape index (κ1) is 20.7. The SMILES string of the molecule is Cc1nc(C2(NC(=O)CSCc3nc4sc5c(c4c(=O)[nH]3)CCCC5)CCCC2)no1. The van der Waals surface area contributed by atoms with Crippen molar-refractivity contribution < 1.29 is 9.32 Å². The van der Waals surface area contributed by atoms with Crippen molar-refractivity contribution in [2.75, 3.05) is 5.75 Å². The number of amides is 1. The van der Waals surface area contributed by atoms with E-state index in [9.17, 15) is 9.59 Å². The maximum Gasteiger partial charge on any atom is 0.259 e. The predicted octanol–water partition coefficient (Wildman–Crippen LogP) is 3.37. The zero-order valence-corrected chi connectivity index (χ0v) is 19.1. The van der Waals surface area contributed by atoms with Crippen LogP contribution in [0.2, 0.25) is 0 Å². The predicted molar refractivity (Wildman–Crippen MR) is 120 cm³/mol. The molecule has 0 unspecified atom stereocenters. The molecule has 3 heterocycles. The molecule has 10 heteroatoms. The van der Waals surface area contributed by atoms with E-state index in [0.29, 0.717) is 23.3 Å². The third-order valence-corrected chi connectivity index (χ3v) is 8.27. The summed E-state index contributed by atoms with van der Waals surface area (Å²) in [6, 6.07) is 0. The smallest absolute Gasteiger partial charge is 0.259 e. The molecule has 1 saturated carbocycles. The molecule has 3 aromatic rings. The third-order valence-electron chi connectivity index (χ3n) is 6.14. The maximum absolute atomic E-state index is 12.7. The Morgan fingerprint density at radius 2 is 2.03 bits per heavy atom. The van der Waals surface area contributed by atoms with Crippen LogP contribution in [0.25, 0.3) is 10.2 Å². The number of thiophene rings is 1. The van der Waals surface area contributed by atoms with Crippen LogP contribution < -0.4 is 10.9 Å². The second kappa shape index (κ2) is 8.38. The number of nitrogens with one attached hydrogen (secondary N) is 2. The largest absolute Gasteiger partial charge is 0.343 e. The van der Waals surface area contributed by atoms with Gasteiger partial charge in [-0.15, -0.1) is 23.1 Å². The van der Waals surface area contributed by atoms with Crippen LogP contribution in [0.1, 0.15) is 66.5 Å². The summed E-state index contributed by atoms with van der Waals surface area (Å²) in [7, 11) is 0. The molecule has 2 aliphatic rings. The highest BCUT2D eigenvalue weighted by atomic mass is 32.2. The van der Waals surface area contributed by atoms with Crippen LogP contribution >= 0.6 is 23.1 Å². The van der Waals surface area contributed by atoms with Crippen LogP contribution in [-0.4, -0.2) is 31.8 Å². The first-order chi connectivity index (χ1) is 15.0. The Labute approximate surface area is 187 Å². The first-order valence-electron chi connectivity index (χ1n) is 10.8. The van der Waals surface area contributed by atoms with Crippen LogP contribution in [0, 0.1) is 6.92 Å². The Hall–Kier alpha value is -2.20. The summed E-state index contributed by atoms with van der Waals surface area (Å²) in [5.41, 5.74) is 0.607. The van der Waals surface area contributed by atoms with Gasteiger partial charge in [0.1, 0.15) is 16.2 Å². The van der Waals surface area contributed by atoms with Crippen molar-refractivity contribution in [3.8, 4) is 0 Å². The number of aryl methyl sites for hydroxylation is 3. The lowest BCUT2D eigenvalue weighted by molar-refractivity contribution is -0.120. The molecule has 0 aromatic carbocycles. The molecule has 2 N–H and O–H groups in total. The van der Waals surface area contributed by atoms with Gasteiger partial charge in [-0.05, 0) is 44.1 Å². The van der Waals surface area contributed by atoms with Crippen molar-refractivity contribution in [2.24, 2.45) is 0 Å². The molecule has 8 nitrogen and oxygen atoms in total. The zero-order chi connectivity index (χ0) is 21.4. The third kappa shape index (κ3) is 4.03. The van der Waals surface area contributed by atoms with Crippen molar-refractivity contribution in [3.05, 3.63) is 38.3 Å². The number of aromatic amines is 1. The van der Waals surface area contributed by atoms with Crippen molar-refractivity contribution in [2.45, 2.75) is 69.6 Å². The zero-order valence-electron chi connectivity index (χ0n) is 17.5. The number of aromatic nitrogens is 4. The van der Waals surface area contributed by atoms with E-state index in [2.05, 4.69) is 25.4 Å². The standard InChI is InChI=1S/C21H25N5O3S2/c1-12-22-20(26-29-12)21(8-4-5-9-21)25-16(27)11-30-10-15-23-18(28)17-13-6-2-3-7-14(13)31-19(17)24-15/h2-11H2,1H3,(H,25,27)(H,23,24,28). The second-order valence-electron chi connectivity index (χ2n) is 8.37. The molecule has 0 spiro atoms. The molecule has 1 fully saturated rings. The molecule has 3 aromatic heterocycles. The number of nitrogens with zero attached hydrogens (tertiary/aromatic N) is 3. The van der Waals surface area contributed by atoms with Gasteiger partial charge in [0.25, 0.3) is 5.56 Å². The van der Waals surface area contributed by atoms with Gasteiger partial charge in [0.05, 0.1) is 16.9 Å². The molecule has 0 saturated heterocycles. The topological polar surface area (TPSA) is 114 Å². The number of H-pyrrole nitrogens is 1. The first-order valence-corrected chi connectivity index (χ1v) is 12.7. The van der Waals surface area contributed by atoms with E-state index in [-0.39, 0.29) is 17.2 Å². The summed E-state index contributed by atoms with van der Waals surface area (Å²) in [5, 5.41) is 7.98. The summed E-state index contributed by atoms with van der Waals surface area (Å²) < 4.78 is 5.14. The lowest BCUT2D eigenvalue weighted by Crippen LogP contribution is -2.45. The van der Waals surface area contributed by atoms with Crippen molar-refractivity contribution >= 4 is 39.2 Å². The summed E-state index contributed by atoms with van der Waals surface area (Å²) in [6.45, 7) is 1.76. The van der Waals surface area contributed by atoms with E-state index >= 15 is 0 Å². The molecule has 0 atom stereocenters. The number of rotatable bonds is 6. The quantitative estimate of drug-likeness (QED) is 0.581. The average Bonchev–Trinajstić information content (AvgIpc) is 3.46. The monoisotopic (exact) mass is 459 g/mol. The molecule has 1 amide bonds. The number of hydrogen-bond acceptors (Lipinski definition) is 8. The highest BCUT2D eigenvalue weighted by Crippen LogP contribution is 2.37. The number of fused-ring (bicyclic) bond motifs is 3. The van der Waals surface area contributed by atoms with Gasteiger partial charge in [0, 0.05) is 11.8 Å². The summed E-state index contributed by atoms with van der Waals surface area (Å²) in [5.74, 6) is 2.39. The summed E-state index contributed by atoms with van der Waals surface area (Å²) in [4.78, 5) is 39.4. The Morgan fingerprint density at radius 3 is 2.81 bits per heavy atom. The highest BCUT2D eigenvalue weighted by Gasteiger charge is 2.41. The maximum atomic E-state index is 12.7. The van der Waals surface area contributed by atoms with E-state index < -0.39 is 5.54 Å². The molecular weight excluding hydrogens is 434 g/mol. The number of carbonyl (C=O) groups excluding carboxylic acids is 1. The molecule has 0 radical (unpaired) electrons. The Balaban J connectivity index is 1.24. The van der Waals surface area contributed by atoms with E-state index in [1.165, 1.54) is 28.6 Å². The normalized spacial score (nSPS) is 17.7. The van der Waals surface area contributed by atoms with Gasteiger partial charge in [-0.2, -0.15) is 4.98 Å². The minimum absolute atomic E-state index is 0.0539. The van der Waals surface area contributed by atoms with Crippen LogP contribution in [0.4, 0.5) is 0 Å². The van der Waals surface area contributed by atoms with Gasteiger partial charge in [0.2, 0.25) is 11.8 Å². The number of hydrogen-bond donors (Lipinski definition) is 2. The molecule has 0 bridgehead atoms.